The third-order valence-electron chi connectivity index (χ3n) is 3.34. The van der Waals surface area contributed by atoms with E-state index in [-0.39, 0.29) is 6.42 Å². The SMILES string of the molecule is [2H]C([2H])([2H])[N+]([O-])(CCc1c[nH]c2ccc(Cn3cncn3)cc12)C([2H])([2H])[2H]. The highest BCUT2D eigenvalue weighted by Gasteiger charge is 2.09. The second-order valence-electron chi connectivity index (χ2n) is 5.00. The Morgan fingerprint density at radius 1 is 1.43 bits per heavy atom. The molecule has 3 aromatic rings. The van der Waals surface area contributed by atoms with Crippen LogP contribution in [0.5, 0.6) is 0 Å². The van der Waals surface area contributed by atoms with Gasteiger partial charge in [-0.05, 0) is 23.3 Å². The maximum Gasteiger partial charge on any atom is 0.137 e. The van der Waals surface area contributed by atoms with E-state index in [2.05, 4.69) is 15.1 Å². The number of H-pyrrole nitrogens is 1. The molecule has 0 aliphatic heterocycles. The molecule has 1 aromatic carbocycles. The smallest absolute Gasteiger partial charge is 0.137 e. The Morgan fingerprint density at radius 2 is 2.33 bits per heavy atom. The van der Waals surface area contributed by atoms with Crippen LogP contribution in [0.3, 0.4) is 0 Å². The molecule has 0 atom stereocenters. The van der Waals surface area contributed by atoms with E-state index >= 15 is 0 Å². The monoisotopic (exact) mass is 291 g/mol. The molecule has 110 valence electrons. The summed E-state index contributed by atoms with van der Waals surface area (Å²) in [6, 6.07) is 5.70. The van der Waals surface area contributed by atoms with Gasteiger partial charge in [0.1, 0.15) is 12.7 Å². The number of hydroxylamine groups is 3. The van der Waals surface area contributed by atoms with Crippen LogP contribution in [0.4, 0.5) is 0 Å². The zero-order chi connectivity index (χ0) is 19.9. The molecule has 6 heteroatoms. The van der Waals surface area contributed by atoms with Crippen LogP contribution in [0.1, 0.15) is 19.4 Å². The van der Waals surface area contributed by atoms with Gasteiger partial charge in [-0.2, -0.15) is 5.10 Å². The van der Waals surface area contributed by atoms with Gasteiger partial charge in [-0.25, -0.2) is 9.67 Å². The lowest BCUT2D eigenvalue weighted by molar-refractivity contribution is -0.839. The molecular formula is C15H19N5O. The van der Waals surface area contributed by atoms with Crippen LogP contribution in [0.15, 0.2) is 37.1 Å². The van der Waals surface area contributed by atoms with Crippen LogP contribution < -0.4 is 0 Å². The number of aromatic amines is 1. The lowest BCUT2D eigenvalue weighted by Crippen LogP contribution is -2.34. The van der Waals surface area contributed by atoms with Crippen molar-refractivity contribution in [2.24, 2.45) is 0 Å². The summed E-state index contributed by atoms with van der Waals surface area (Å²) in [6.07, 6.45) is 4.73. The molecule has 0 radical (unpaired) electrons. The first-order valence-corrected chi connectivity index (χ1v) is 6.52. The Bertz CT molecular complexity index is 901. The number of benzene rings is 1. The highest BCUT2D eigenvalue weighted by molar-refractivity contribution is 5.83. The first-order chi connectivity index (χ1) is 12.5. The summed E-state index contributed by atoms with van der Waals surface area (Å²) in [6.45, 7) is -6.44. The van der Waals surface area contributed by atoms with Gasteiger partial charge in [0.05, 0.1) is 35.3 Å². The van der Waals surface area contributed by atoms with E-state index in [1.165, 1.54) is 6.33 Å². The molecular weight excluding hydrogens is 266 g/mol. The molecule has 1 N–H and O–H groups in total. The minimum Gasteiger partial charge on any atom is -0.633 e. The van der Waals surface area contributed by atoms with Gasteiger partial charge in [0.25, 0.3) is 0 Å². The number of hydrogen-bond donors (Lipinski definition) is 1. The molecule has 0 saturated carbocycles. The number of rotatable bonds is 5. The number of fused-ring (bicyclic) bond motifs is 1. The second kappa shape index (κ2) is 5.31. The Morgan fingerprint density at radius 3 is 3.10 bits per heavy atom. The second-order valence-corrected chi connectivity index (χ2v) is 5.00. The van der Waals surface area contributed by atoms with Gasteiger partial charge in [-0.3, -0.25) is 0 Å². The first-order valence-electron chi connectivity index (χ1n) is 9.52. The average Bonchev–Trinajstić information content (AvgIpc) is 3.20. The van der Waals surface area contributed by atoms with E-state index in [1.54, 1.807) is 17.2 Å². The average molecular weight is 291 g/mol. The summed E-state index contributed by atoms with van der Waals surface area (Å²) in [5.41, 5.74) is 2.46. The Labute approximate surface area is 131 Å². The topological polar surface area (TPSA) is 69.6 Å². The molecule has 0 aliphatic rings. The van der Waals surface area contributed by atoms with E-state index in [4.69, 9.17) is 8.22 Å². The van der Waals surface area contributed by atoms with Crippen LogP contribution in [-0.2, 0) is 13.0 Å². The number of hydrogen-bond acceptors (Lipinski definition) is 3. The van der Waals surface area contributed by atoms with Gasteiger partial charge >= 0.3 is 0 Å². The maximum absolute atomic E-state index is 12.6. The fraction of sp³-hybridized carbons (Fsp3) is 0.333. The Hall–Kier alpha value is -2.18. The molecule has 21 heavy (non-hydrogen) atoms. The Balaban J connectivity index is 1.86. The maximum atomic E-state index is 12.6. The van der Waals surface area contributed by atoms with Gasteiger partial charge in [0.2, 0.25) is 0 Å². The molecule has 2 aromatic heterocycles. The molecule has 0 unspecified atom stereocenters. The third-order valence-corrected chi connectivity index (χ3v) is 3.34. The summed E-state index contributed by atoms with van der Waals surface area (Å²) in [7, 11) is 0. The molecule has 0 spiro atoms. The summed E-state index contributed by atoms with van der Waals surface area (Å²) >= 11 is 0. The van der Waals surface area contributed by atoms with E-state index in [0.29, 0.717) is 12.1 Å². The lowest BCUT2D eigenvalue weighted by Gasteiger charge is -2.33. The zero-order valence-electron chi connectivity index (χ0n) is 17.3. The largest absolute Gasteiger partial charge is 0.633 e. The molecule has 0 saturated heterocycles. The number of likely N-dealkylation sites (N-methyl/N-ethyl adjacent to an activating group) is 1. The third kappa shape index (κ3) is 3.29. The quantitative estimate of drug-likeness (QED) is 0.577. The molecule has 0 fully saturated rings. The van der Waals surface area contributed by atoms with Crippen molar-refractivity contribution in [3.63, 3.8) is 0 Å². The van der Waals surface area contributed by atoms with Crippen molar-refractivity contribution >= 4 is 10.9 Å². The van der Waals surface area contributed by atoms with Gasteiger partial charge in [-0.15, -0.1) is 0 Å². The predicted molar refractivity (Wildman–Crippen MR) is 81.5 cm³/mol. The fourth-order valence-corrected chi connectivity index (χ4v) is 2.31. The van der Waals surface area contributed by atoms with Gasteiger partial charge in [0.15, 0.2) is 0 Å². The Kier molecular flexibility index (Phi) is 2.10. The minimum absolute atomic E-state index is 0.0209. The molecule has 0 bridgehead atoms. The van der Waals surface area contributed by atoms with Crippen LogP contribution in [0.2, 0.25) is 0 Å². The van der Waals surface area contributed by atoms with Crippen molar-refractivity contribution < 1.29 is 12.9 Å². The van der Waals surface area contributed by atoms with Gasteiger partial charge in [-0.1, -0.05) is 6.07 Å². The molecule has 6 nitrogen and oxygen atoms in total. The van der Waals surface area contributed by atoms with Crippen LogP contribution in [-0.4, -0.2) is 44.9 Å². The normalized spacial score (nSPS) is 17.6. The minimum atomic E-state index is -3.18. The van der Waals surface area contributed by atoms with Crippen molar-refractivity contribution in [2.75, 3.05) is 20.5 Å². The van der Waals surface area contributed by atoms with Crippen LogP contribution in [0, 0.1) is 5.21 Å². The number of quaternary nitrogens is 1. The first kappa shape index (κ1) is 8.31. The zero-order valence-corrected chi connectivity index (χ0v) is 11.3. The van der Waals surface area contributed by atoms with E-state index in [0.717, 1.165) is 16.5 Å². The van der Waals surface area contributed by atoms with Crippen molar-refractivity contribution in [2.45, 2.75) is 13.0 Å². The van der Waals surface area contributed by atoms with E-state index in [9.17, 15) is 5.21 Å². The number of nitrogens with one attached hydrogen (secondary N) is 1. The standard InChI is InChI=1S/C15H19N5O/c1-20(2,21)6-5-13-8-17-15-4-3-12(7-14(13)15)9-19-11-16-10-18-19/h3-4,7-8,10-11,17H,5-6,9H2,1-2H3/i1D3,2D3. The molecule has 2 heterocycles. The summed E-state index contributed by atoms with van der Waals surface area (Å²) < 4.78 is 43.8. The molecule has 0 amide bonds. The highest BCUT2D eigenvalue weighted by Crippen LogP contribution is 2.21. The molecule has 3 rings (SSSR count). The summed E-state index contributed by atoms with van der Waals surface area (Å²) in [5, 5.41) is 17.5. The number of nitrogens with zero attached hydrogens (tertiary/aromatic N) is 4. The van der Waals surface area contributed by atoms with Crippen molar-refractivity contribution in [1.29, 1.82) is 0 Å². The van der Waals surface area contributed by atoms with E-state index < -0.39 is 25.1 Å². The van der Waals surface area contributed by atoms with Crippen LogP contribution in [0.25, 0.3) is 10.9 Å². The van der Waals surface area contributed by atoms with Crippen LogP contribution >= 0.6 is 0 Å². The van der Waals surface area contributed by atoms with Gasteiger partial charge < -0.3 is 14.8 Å². The predicted octanol–water partition coefficient (Wildman–Crippen LogP) is 1.92. The van der Waals surface area contributed by atoms with Gasteiger partial charge in [0, 0.05) is 23.5 Å². The fourth-order valence-electron chi connectivity index (χ4n) is 2.31. The van der Waals surface area contributed by atoms with Crippen molar-refractivity contribution in [1.82, 2.24) is 19.7 Å². The lowest BCUT2D eigenvalue weighted by atomic mass is 10.1. The van der Waals surface area contributed by atoms with Crippen molar-refractivity contribution in [3.05, 3.63) is 53.4 Å². The highest BCUT2D eigenvalue weighted by atomic mass is 16.5. The number of aromatic nitrogens is 4. The van der Waals surface area contributed by atoms with E-state index in [1.807, 2.05) is 18.2 Å². The molecule has 0 aliphatic carbocycles. The summed E-state index contributed by atoms with van der Waals surface area (Å²) in [4.78, 5) is 6.96. The van der Waals surface area contributed by atoms with Crippen molar-refractivity contribution in [3.8, 4) is 0 Å². The summed E-state index contributed by atoms with van der Waals surface area (Å²) in [5.74, 6) is 0.